The largest absolute Gasteiger partial charge is 0.478 e. The number of carboxylic acids is 1. The predicted octanol–water partition coefficient (Wildman–Crippen LogP) is 2.92. The minimum atomic E-state index is -1.01. The smallest absolute Gasteiger partial charge is 0.339 e. The van der Waals surface area contributed by atoms with E-state index in [1.54, 1.807) is 35.2 Å². The van der Waals surface area contributed by atoms with Gasteiger partial charge in [0, 0.05) is 18.9 Å². The van der Waals surface area contributed by atoms with Crippen LogP contribution in [0.4, 0.5) is 4.39 Å². The Hall–Kier alpha value is -2.69. The zero-order chi connectivity index (χ0) is 14.1. The summed E-state index contributed by atoms with van der Waals surface area (Å²) in [5.41, 5.74) is 2.27. The molecule has 100 valence electrons. The van der Waals surface area contributed by atoms with E-state index >= 15 is 0 Å². The monoisotopic (exact) mass is 270 g/mol. The summed E-state index contributed by atoms with van der Waals surface area (Å²) >= 11 is 0. The normalized spacial score (nSPS) is 10.8. The topological polar surface area (TPSA) is 55.1 Å². The third-order valence-electron chi connectivity index (χ3n) is 3.13. The van der Waals surface area contributed by atoms with Gasteiger partial charge in [-0.1, -0.05) is 12.1 Å². The first-order valence-corrected chi connectivity index (χ1v) is 6.07. The fourth-order valence-electron chi connectivity index (χ4n) is 2.20. The van der Waals surface area contributed by atoms with Crippen molar-refractivity contribution >= 4 is 17.0 Å². The molecule has 0 aliphatic carbocycles. The van der Waals surface area contributed by atoms with E-state index in [1.165, 1.54) is 12.1 Å². The van der Waals surface area contributed by atoms with Crippen LogP contribution in [0.2, 0.25) is 0 Å². The molecule has 0 amide bonds. The summed E-state index contributed by atoms with van der Waals surface area (Å²) in [5.74, 6) is -1.30. The molecule has 0 bridgehead atoms. The molecule has 1 aromatic carbocycles. The first-order valence-electron chi connectivity index (χ1n) is 6.07. The van der Waals surface area contributed by atoms with Crippen LogP contribution in [0.15, 0.2) is 48.8 Å². The quantitative estimate of drug-likeness (QED) is 0.796. The van der Waals surface area contributed by atoms with Crippen molar-refractivity contribution in [1.82, 2.24) is 9.55 Å². The number of aromatic nitrogens is 2. The number of carboxylic acid groups (broad SMARTS) is 1. The van der Waals surface area contributed by atoms with Crippen LogP contribution in [0.1, 0.15) is 15.9 Å². The van der Waals surface area contributed by atoms with Crippen molar-refractivity contribution in [3.05, 3.63) is 65.7 Å². The molecule has 0 radical (unpaired) electrons. The molecule has 3 rings (SSSR count). The number of pyridine rings is 1. The molecule has 0 atom stereocenters. The second-order valence-corrected chi connectivity index (χ2v) is 4.47. The highest BCUT2D eigenvalue weighted by molar-refractivity contribution is 6.01. The Kier molecular flexibility index (Phi) is 2.95. The van der Waals surface area contributed by atoms with E-state index in [0.29, 0.717) is 12.1 Å². The van der Waals surface area contributed by atoms with Crippen LogP contribution >= 0.6 is 0 Å². The second-order valence-electron chi connectivity index (χ2n) is 4.47. The fourth-order valence-corrected chi connectivity index (χ4v) is 2.20. The summed E-state index contributed by atoms with van der Waals surface area (Å²) in [6.07, 6.45) is 3.13. The number of halogens is 1. The molecular weight excluding hydrogens is 259 g/mol. The lowest BCUT2D eigenvalue weighted by Gasteiger charge is -2.05. The number of rotatable bonds is 3. The number of aromatic carboxylic acids is 1. The third-order valence-corrected chi connectivity index (χ3v) is 3.13. The van der Waals surface area contributed by atoms with Crippen molar-refractivity contribution in [2.75, 3.05) is 0 Å². The summed E-state index contributed by atoms with van der Waals surface area (Å²) in [5, 5.41) is 9.20. The second kappa shape index (κ2) is 4.77. The maximum atomic E-state index is 12.9. The van der Waals surface area contributed by atoms with Gasteiger partial charge in [-0.2, -0.15) is 0 Å². The molecule has 0 aliphatic heterocycles. The molecule has 0 aliphatic rings. The summed E-state index contributed by atoms with van der Waals surface area (Å²) in [6, 6.07) is 9.71. The number of nitrogens with zero attached hydrogens (tertiary/aromatic N) is 2. The van der Waals surface area contributed by atoms with Crippen molar-refractivity contribution in [3.8, 4) is 0 Å². The lowest BCUT2D eigenvalue weighted by Crippen LogP contribution is -1.98. The highest BCUT2D eigenvalue weighted by Gasteiger charge is 2.14. The number of carbonyl (C=O) groups is 1. The van der Waals surface area contributed by atoms with Gasteiger partial charge in [-0.25, -0.2) is 9.18 Å². The molecule has 2 aromatic heterocycles. The molecule has 0 saturated carbocycles. The SMILES string of the molecule is O=C(O)c1cn(Cc2ccc(F)cc2)c2cccnc12. The minimum absolute atomic E-state index is 0.169. The Labute approximate surface area is 114 Å². The molecule has 5 heteroatoms. The van der Waals surface area contributed by atoms with Crippen LogP contribution in [0, 0.1) is 5.82 Å². The predicted molar refractivity (Wildman–Crippen MR) is 72.2 cm³/mol. The van der Waals surface area contributed by atoms with E-state index in [-0.39, 0.29) is 11.4 Å². The Morgan fingerprint density at radius 1 is 1.25 bits per heavy atom. The van der Waals surface area contributed by atoms with Gasteiger partial charge in [0.05, 0.1) is 5.52 Å². The van der Waals surface area contributed by atoms with Gasteiger partial charge in [0.2, 0.25) is 0 Å². The lowest BCUT2D eigenvalue weighted by molar-refractivity contribution is 0.0698. The standard InChI is InChI=1S/C15H11FN2O2/c16-11-5-3-10(4-6-11)8-18-9-12(15(19)20)14-13(18)2-1-7-17-14/h1-7,9H,8H2,(H,19,20). The van der Waals surface area contributed by atoms with Crippen LogP contribution < -0.4 is 0 Å². The summed E-state index contributed by atoms with van der Waals surface area (Å²) in [7, 11) is 0. The molecule has 0 saturated heterocycles. The van der Waals surface area contributed by atoms with Crippen LogP contribution in [0.5, 0.6) is 0 Å². The van der Waals surface area contributed by atoms with Crippen LogP contribution in [0.3, 0.4) is 0 Å². The molecule has 0 fully saturated rings. The van der Waals surface area contributed by atoms with E-state index in [2.05, 4.69) is 4.98 Å². The molecular formula is C15H11FN2O2. The zero-order valence-electron chi connectivity index (χ0n) is 10.5. The van der Waals surface area contributed by atoms with Gasteiger partial charge in [-0.05, 0) is 29.8 Å². The van der Waals surface area contributed by atoms with Crippen LogP contribution in [0.25, 0.3) is 11.0 Å². The van der Waals surface area contributed by atoms with Gasteiger partial charge < -0.3 is 9.67 Å². The Bertz CT molecular complexity index is 778. The molecule has 2 heterocycles. The average Bonchev–Trinajstić information content (AvgIpc) is 2.81. The van der Waals surface area contributed by atoms with Gasteiger partial charge in [0.1, 0.15) is 16.9 Å². The minimum Gasteiger partial charge on any atom is -0.478 e. The number of fused-ring (bicyclic) bond motifs is 1. The Balaban J connectivity index is 2.07. The molecule has 1 N–H and O–H groups in total. The average molecular weight is 270 g/mol. The van der Waals surface area contributed by atoms with Gasteiger partial charge in [-0.3, -0.25) is 4.98 Å². The van der Waals surface area contributed by atoms with Gasteiger partial charge in [-0.15, -0.1) is 0 Å². The fraction of sp³-hybridized carbons (Fsp3) is 0.0667. The van der Waals surface area contributed by atoms with E-state index in [4.69, 9.17) is 0 Å². The van der Waals surface area contributed by atoms with Gasteiger partial charge in [0.25, 0.3) is 0 Å². The lowest BCUT2D eigenvalue weighted by atomic mass is 10.2. The van der Waals surface area contributed by atoms with Gasteiger partial charge in [0.15, 0.2) is 0 Å². The van der Waals surface area contributed by atoms with E-state index in [1.807, 2.05) is 6.07 Å². The zero-order valence-corrected chi connectivity index (χ0v) is 10.5. The highest BCUT2D eigenvalue weighted by atomic mass is 19.1. The number of benzene rings is 1. The molecule has 0 unspecified atom stereocenters. The van der Waals surface area contributed by atoms with Gasteiger partial charge >= 0.3 is 5.97 Å². The summed E-state index contributed by atoms with van der Waals surface area (Å²) < 4.78 is 14.7. The van der Waals surface area contributed by atoms with E-state index in [0.717, 1.165) is 11.1 Å². The number of hydrogen-bond acceptors (Lipinski definition) is 2. The molecule has 0 spiro atoms. The highest BCUT2D eigenvalue weighted by Crippen LogP contribution is 2.20. The molecule has 3 aromatic rings. The van der Waals surface area contributed by atoms with Crippen molar-refractivity contribution in [2.24, 2.45) is 0 Å². The third kappa shape index (κ3) is 2.14. The summed E-state index contributed by atoms with van der Waals surface area (Å²) in [6.45, 7) is 0.468. The first kappa shape index (κ1) is 12.3. The van der Waals surface area contributed by atoms with Crippen LogP contribution in [-0.2, 0) is 6.54 Å². The number of hydrogen-bond donors (Lipinski definition) is 1. The first-order chi connectivity index (χ1) is 9.65. The van der Waals surface area contributed by atoms with E-state index < -0.39 is 5.97 Å². The maximum absolute atomic E-state index is 12.9. The van der Waals surface area contributed by atoms with Crippen molar-refractivity contribution in [2.45, 2.75) is 6.54 Å². The van der Waals surface area contributed by atoms with Crippen molar-refractivity contribution in [1.29, 1.82) is 0 Å². The Morgan fingerprint density at radius 3 is 2.70 bits per heavy atom. The molecule has 20 heavy (non-hydrogen) atoms. The maximum Gasteiger partial charge on any atom is 0.339 e. The van der Waals surface area contributed by atoms with Crippen molar-refractivity contribution < 1.29 is 14.3 Å². The summed E-state index contributed by atoms with van der Waals surface area (Å²) in [4.78, 5) is 15.3. The molecule has 4 nitrogen and oxygen atoms in total. The van der Waals surface area contributed by atoms with Crippen LogP contribution in [-0.4, -0.2) is 20.6 Å². The van der Waals surface area contributed by atoms with Crippen molar-refractivity contribution in [3.63, 3.8) is 0 Å². The Morgan fingerprint density at radius 2 is 2.00 bits per heavy atom. The van der Waals surface area contributed by atoms with E-state index in [9.17, 15) is 14.3 Å².